The molecule has 0 radical (unpaired) electrons. The van der Waals surface area contributed by atoms with Crippen molar-refractivity contribution in [3.05, 3.63) is 53.5 Å². The lowest BCUT2D eigenvalue weighted by atomic mass is 10.2. The van der Waals surface area contributed by atoms with Crippen molar-refractivity contribution in [1.82, 2.24) is 5.32 Å². The fourth-order valence-corrected chi connectivity index (χ4v) is 1.80. The van der Waals surface area contributed by atoms with E-state index in [1.807, 2.05) is 0 Å². The summed E-state index contributed by atoms with van der Waals surface area (Å²) in [6.07, 6.45) is -3.10. The predicted molar refractivity (Wildman–Crippen MR) is 83.0 cm³/mol. The first-order valence-corrected chi connectivity index (χ1v) is 6.71. The fourth-order valence-electron chi connectivity index (χ4n) is 1.80. The molecule has 24 heavy (non-hydrogen) atoms. The second-order valence-electron chi connectivity index (χ2n) is 4.74. The average Bonchev–Trinajstić information content (AvgIpc) is 2.99. The molecule has 0 unspecified atom stereocenters. The number of amides is 1. The molecule has 0 saturated heterocycles. The first-order valence-electron chi connectivity index (χ1n) is 6.71. The lowest BCUT2D eigenvalue weighted by molar-refractivity contribution is -0.153. The van der Waals surface area contributed by atoms with Crippen molar-refractivity contribution in [2.45, 2.75) is 19.3 Å². The summed E-state index contributed by atoms with van der Waals surface area (Å²) in [7, 11) is 0. The summed E-state index contributed by atoms with van der Waals surface area (Å²) in [4.78, 5) is 11.9. The number of furan rings is 1. The second kappa shape index (κ2) is 8.60. The summed E-state index contributed by atoms with van der Waals surface area (Å²) in [6, 6.07) is 7.60. The summed E-state index contributed by atoms with van der Waals surface area (Å²) in [5.74, 6) is 0.204. The van der Waals surface area contributed by atoms with Gasteiger partial charge in [0.1, 0.15) is 17.8 Å². The number of hydrogen-bond donors (Lipinski definition) is 2. The van der Waals surface area contributed by atoms with Gasteiger partial charge in [-0.3, -0.25) is 4.79 Å². The Morgan fingerprint density at radius 2 is 2.04 bits per heavy atom. The van der Waals surface area contributed by atoms with E-state index in [4.69, 9.17) is 10.2 Å². The van der Waals surface area contributed by atoms with Gasteiger partial charge in [-0.25, -0.2) is 0 Å². The number of hydrogen-bond acceptors (Lipinski definition) is 4. The van der Waals surface area contributed by atoms with Crippen LogP contribution in [-0.2, 0) is 13.1 Å². The molecule has 1 aromatic heterocycles. The fraction of sp³-hybridized carbons (Fsp3) is 0.267. The van der Waals surface area contributed by atoms with Gasteiger partial charge in [0.05, 0.1) is 12.1 Å². The Morgan fingerprint density at radius 3 is 2.67 bits per heavy atom. The molecule has 0 aliphatic rings. The van der Waals surface area contributed by atoms with Crippen LogP contribution in [0.3, 0.4) is 0 Å². The smallest absolute Gasteiger partial charge is 0.422 e. The van der Waals surface area contributed by atoms with Gasteiger partial charge in [-0.2, -0.15) is 13.2 Å². The highest BCUT2D eigenvalue weighted by Gasteiger charge is 2.28. The number of rotatable bonds is 6. The lowest BCUT2D eigenvalue weighted by Gasteiger charge is -2.10. The highest BCUT2D eigenvalue weighted by molar-refractivity contribution is 5.93. The van der Waals surface area contributed by atoms with E-state index >= 15 is 0 Å². The van der Waals surface area contributed by atoms with E-state index in [-0.39, 0.29) is 37.2 Å². The molecule has 1 amide bonds. The van der Waals surface area contributed by atoms with Crippen LogP contribution in [0.2, 0.25) is 0 Å². The topological polar surface area (TPSA) is 77.5 Å². The molecule has 2 rings (SSSR count). The van der Waals surface area contributed by atoms with Crippen molar-refractivity contribution in [1.29, 1.82) is 0 Å². The average molecular weight is 365 g/mol. The third-order valence-corrected chi connectivity index (χ3v) is 2.87. The Labute approximate surface area is 142 Å². The first kappa shape index (κ1) is 19.9. The van der Waals surface area contributed by atoms with Crippen molar-refractivity contribution in [2.24, 2.45) is 5.73 Å². The van der Waals surface area contributed by atoms with E-state index in [2.05, 4.69) is 10.1 Å². The predicted octanol–water partition coefficient (Wildman–Crippen LogP) is 3.03. The van der Waals surface area contributed by atoms with Gasteiger partial charge < -0.3 is 20.2 Å². The van der Waals surface area contributed by atoms with Crippen LogP contribution in [0, 0.1) is 0 Å². The molecule has 0 spiro atoms. The molecule has 3 N–H and O–H groups in total. The van der Waals surface area contributed by atoms with Gasteiger partial charge in [0.2, 0.25) is 0 Å². The van der Waals surface area contributed by atoms with Crippen LogP contribution in [0.25, 0.3) is 0 Å². The number of carbonyl (C=O) groups is 1. The number of halogens is 4. The number of nitrogens with two attached hydrogens (primary N) is 1. The molecule has 1 aromatic carbocycles. The van der Waals surface area contributed by atoms with Crippen LogP contribution in [0.4, 0.5) is 13.2 Å². The summed E-state index contributed by atoms with van der Waals surface area (Å²) in [5, 5.41) is 2.63. The molecule has 5 nitrogen and oxygen atoms in total. The summed E-state index contributed by atoms with van der Waals surface area (Å²) in [5.41, 5.74) is 6.32. The Bertz CT molecular complexity index is 674. The van der Waals surface area contributed by atoms with Crippen LogP contribution in [0.15, 0.2) is 41.0 Å². The monoisotopic (exact) mass is 364 g/mol. The zero-order valence-corrected chi connectivity index (χ0v) is 13.2. The molecule has 1 heterocycles. The van der Waals surface area contributed by atoms with Crippen molar-refractivity contribution < 1.29 is 27.1 Å². The maximum Gasteiger partial charge on any atom is 0.422 e. The van der Waals surface area contributed by atoms with Gasteiger partial charge in [-0.15, -0.1) is 12.4 Å². The third-order valence-electron chi connectivity index (χ3n) is 2.87. The highest BCUT2D eigenvalue weighted by Crippen LogP contribution is 2.19. The number of alkyl halides is 3. The van der Waals surface area contributed by atoms with E-state index in [9.17, 15) is 18.0 Å². The van der Waals surface area contributed by atoms with Crippen molar-refractivity contribution >= 4 is 18.3 Å². The Balaban J connectivity index is 0.00000288. The Morgan fingerprint density at radius 1 is 1.29 bits per heavy atom. The normalized spacial score (nSPS) is 10.8. The molecule has 0 bridgehead atoms. The van der Waals surface area contributed by atoms with Gasteiger partial charge >= 0.3 is 6.18 Å². The van der Waals surface area contributed by atoms with Gasteiger partial charge in [-0.05, 0) is 23.8 Å². The highest BCUT2D eigenvalue weighted by atomic mass is 35.5. The second-order valence-corrected chi connectivity index (χ2v) is 4.74. The number of nitrogens with one attached hydrogen (secondary N) is 1. The molecular formula is C15H16ClF3N2O3. The first-order chi connectivity index (χ1) is 10.9. The van der Waals surface area contributed by atoms with Gasteiger partial charge in [0, 0.05) is 6.54 Å². The van der Waals surface area contributed by atoms with Crippen LogP contribution >= 0.6 is 12.4 Å². The summed E-state index contributed by atoms with van der Waals surface area (Å²) in [6.45, 7) is -1.03. The van der Waals surface area contributed by atoms with Gasteiger partial charge in [0.25, 0.3) is 5.91 Å². The third kappa shape index (κ3) is 6.13. The van der Waals surface area contributed by atoms with E-state index < -0.39 is 12.8 Å². The van der Waals surface area contributed by atoms with E-state index in [0.717, 1.165) is 0 Å². The zero-order chi connectivity index (χ0) is 16.9. The Hall–Kier alpha value is -2.19. The quantitative estimate of drug-likeness (QED) is 0.826. The zero-order valence-electron chi connectivity index (χ0n) is 12.4. The van der Waals surface area contributed by atoms with E-state index in [1.165, 1.54) is 24.5 Å². The van der Waals surface area contributed by atoms with Crippen LogP contribution in [0.1, 0.15) is 21.7 Å². The molecule has 0 aliphatic carbocycles. The van der Waals surface area contributed by atoms with Crippen molar-refractivity contribution in [3.63, 3.8) is 0 Å². The van der Waals surface area contributed by atoms with Gasteiger partial charge in [-0.1, -0.05) is 12.1 Å². The molecule has 0 fully saturated rings. The minimum atomic E-state index is -4.40. The molecule has 0 atom stereocenters. The SMILES string of the molecule is Cl.NCc1cc(C(=O)NCc2cccc(OCC(F)(F)F)c2)co1. The largest absolute Gasteiger partial charge is 0.484 e. The summed E-state index contributed by atoms with van der Waals surface area (Å²) < 4.78 is 46.1. The van der Waals surface area contributed by atoms with Crippen molar-refractivity contribution in [3.8, 4) is 5.75 Å². The molecule has 0 aliphatic heterocycles. The van der Waals surface area contributed by atoms with Crippen LogP contribution in [0.5, 0.6) is 5.75 Å². The Kier molecular flexibility index (Phi) is 7.12. The van der Waals surface area contributed by atoms with Gasteiger partial charge in [0.15, 0.2) is 6.61 Å². The van der Waals surface area contributed by atoms with E-state index in [0.29, 0.717) is 16.9 Å². The number of ether oxygens (including phenoxy) is 1. The lowest BCUT2D eigenvalue weighted by Crippen LogP contribution is -2.22. The summed E-state index contributed by atoms with van der Waals surface area (Å²) >= 11 is 0. The number of benzene rings is 1. The maximum atomic E-state index is 12.1. The molecule has 2 aromatic rings. The minimum absolute atomic E-state index is 0. The maximum absolute atomic E-state index is 12.1. The molecular weight excluding hydrogens is 349 g/mol. The molecule has 9 heteroatoms. The van der Waals surface area contributed by atoms with Crippen molar-refractivity contribution in [2.75, 3.05) is 6.61 Å². The number of carbonyl (C=O) groups excluding carboxylic acids is 1. The molecule has 0 saturated carbocycles. The molecule has 132 valence electrons. The van der Waals surface area contributed by atoms with Crippen LogP contribution < -0.4 is 15.8 Å². The van der Waals surface area contributed by atoms with Crippen LogP contribution in [-0.4, -0.2) is 18.7 Å². The standard InChI is InChI=1S/C15H15F3N2O3.ClH/c16-15(17,18)9-23-12-3-1-2-10(4-12)7-20-14(21)11-5-13(6-19)22-8-11;/h1-5,8H,6-7,9,19H2,(H,20,21);1H. The minimum Gasteiger partial charge on any atom is -0.484 e. The van der Waals surface area contributed by atoms with E-state index in [1.54, 1.807) is 12.1 Å².